The van der Waals surface area contributed by atoms with Crippen molar-refractivity contribution in [1.29, 1.82) is 0 Å². The Morgan fingerprint density at radius 3 is 2.86 bits per heavy atom. The van der Waals surface area contributed by atoms with Crippen LogP contribution >= 0.6 is 11.6 Å². The van der Waals surface area contributed by atoms with Crippen LogP contribution < -0.4 is 15.5 Å². The van der Waals surface area contributed by atoms with Gasteiger partial charge in [0.25, 0.3) is 0 Å². The summed E-state index contributed by atoms with van der Waals surface area (Å²) in [6.07, 6.45) is 0. The number of hydrogen-bond donors (Lipinski definition) is 2. The van der Waals surface area contributed by atoms with Gasteiger partial charge in [-0.05, 0) is 42.9 Å². The molecule has 0 saturated carbocycles. The zero-order chi connectivity index (χ0) is 14.8. The van der Waals surface area contributed by atoms with Crippen molar-refractivity contribution in [1.82, 2.24) is 5.32 Å². The molecule has 0 fully saturated rings. The Bertz CT molecular complexity index is 687. The van der Waals surface area contributed by atoms with Crippen LogP contribution in [-0.2, 0) is 11.3 Å². The van der Waals surface area contributed by atoms with Crippen LogP contribution in [0.25, 0.3) is 0 Å². The van der Waals surface area contributed by atoms with Gasteiger partial charge in [0.2, 0.25) is 5.91 Å². The number of halogens is 1. The van der Waals surface area contributed by atoms with Crippen molar-refractivity contribution >= 4 is 34.6 Å². The average molecular weight is 302 g/mol. The molecule has 21 heavy (non-hydrogen) atoms. The first-order chi connectivity index (χ1) is 10.2. The predicted molar refractivity (Wildman–Crippen MR) is 86.3 cm³/mol. The van der Waals surface area contributed by atoms with E-state index in [-0.39, 0.29) is 5.91 Å². The molecule has 108 valence electrons. The minimum absolute atomic E-state index is 0.0148. The number of rotatable bonds is 3. The van der Waals surface area contributed by atoms with Gasteiger partial charge >= 0.3 is 0 Å². The van der Waals surface area contributed by atoms with E-state index >= 15 is 0 Å². The Labute approximate surface area is 128 Å². The van der Waals surface area contributed by atoms with E-state index in [0.29, 0.717) is 18.1 Å². The maximum atomic E-state index is 12.0. The monoisotopic (exact) mass is 301 g/mol. The van der Waals surface area contributed by atoms with Crippen molar-refractivity contribution in [2.24, 2.45) is 0 Å². The molecular formula is C16H16ClN3O. The second kappa shape index (κ2) is 5.76. The number of carbonyl (C=O) groups excluding carboxylic acids is 1. The van der Waals surface area contributed by atoms with Gasteiger partial charge in [-0.3, -0.25) is 4.79 Å². The molecule has 4 nitrogen and oxygen atoms in total. The number of carbonyl (C=O) groups is 1. The Hall–Kier alpha value is -2.04. The average Bonchev–Trinajstić information content (AvgIpc) is 2.47. The largest absolute Gasteiger partial charge is 0.330 e. The number of anilines is 3. The van der Waals surface area contributed by atoms with Gasteiger partial charge in [-0.2, -0.15) is 0 Å². The van der Waals surface area contributed by atoms with Crippen LogP contribution in [0.2, 0.25) is 5.02 Å². The van der Waals surface area contributed by atoms with E-state index in [4.69, 9.17) is 11.6 Å². The summed E-state index contributed by atoms with van der Waals surface area (Å²) in [7, 11) is 1.89. The van der Waals surface area contributed by atoms with E-state index in [9.17, 15) is 4.79 Å². The number of benzene rings is 2. The van der Waals surface area contributed by atoms with Crippen LogP contribution in [0.4, 0.5) is 17.1 Å². The van der Waals surface area contributed by atoms with Gasteiger partial charge in [0.1, 0.15) is 6.54 Å². The van der Waals surface area contributed by atoms with Gasteiger partial charge in [0.15, 0.2) is 0 Å². The van der Waals surface area contributed by atoms with Gasteiger partial charge in [0, 0.05) is 17.3 Å². The fourth-order valence-electron chi connectivity index (χ4n) is 2.60. The fourth-order valence-corrected chi connectivity index (χ4v) is 2.79. The highest BCUT2D eigenvalue weighted by Crippen LogP contribution is 2.37. The Kier molecular flexibility index (Phi) is 3.82. The summed E-state index contributed by atoms with van der Waals surface area (Å²) in [5, 5.41) is 6.73. The highest BCUT2D eigenvalue weighted by molar-refractivity contribution is 6.30. The lowest BCUT2D eigenvalue weighted by Crippen LogP contribution is -2.35. The first-order valence-electron chi connectivity index (χ1n) is 6.78. The quantitative estimate of drug-likeness (QED) is 0.915. The fraction of sp³-hybridized carbons (Fsp3) is 0.188. The topological polar surface area (TPSA) is 44.4 Å². The molecule has 2 aromatic carbocycles. The summed E-state index contributed by atoms with van der Waals surface area (Å²) in [4.78, 5) is 14.0. The predicted octanol–water partition coefficient (Wildman–Crippen LogP) is 3.15. The molecule has 0 aliphatic carbocycles. The lowest BCUT2D eigenvalue weighted by Gasteiger charge is -2.32. The zero-order valence-electron chi connectivity index (χ0n) is 11.7. The van der Waals surface area contributed by atoms with E-state index < -0.39 is 0 Å². The van der Waals surface area contributed by atoms with Crippen LogP contribution in [0, 0.1) is 0 Å². The van der Waals surface area contributed by atoms with Gasteiger partial charge in [-0.25, -0.2) is 0 Å². The number of fused-ring (bicyclic) bond motifs is 1. The van der Waals surface area contributed by atoms with Crippen molar-refractivity contribution in [2.45, 2.75) is 6.54 Å². The van der Waals surface area contributed by atoms with Crippen molar-refractivity contribution in [3.8, 4) is 0 Å². The van der Waals surface area contributed by atoms with Crippen molar-refractivity contribution < 1.29 is 4.79 Å². The molecule has 0 unspecified atom stereocenters. The van der Waals surface area contributed by atoms with Gasteiger partial charge in [-0.15, -0.1) is 0 Å². The van der Waals surface area contributed by atoms with Crippen LogP contribution in [0.3, 0.4) is 0 Å². The molecule has 3 rings (SSSR count). The molecule has 0 bridgehead atoms. The molecular weight excluding hydrogens is 286 g/mol. The van der Waals surface area contributed by atoms with E-state index in [0.717, 1.165) is 22.6 Å². The van der Waals surface area contributed by atoms with E-state index in [2.05, 4.69) is 10.6 Å². The molecule has 1 heterocycles. The number of hydrogen-bond acceptors (Lipinski definition) is 3. The maximum absolute atomic E-state index is 12.0. The smallest absolute Gasteiger partial charge is 0.244 e. The molecule has 0 atom stereocenters. The number of para-hydroxylation sites is 2. The maximum Gasteiger partial charge on any atom is 0.244 e. The Balaban J connectivity index is 2.10. The van der Waals surface area contributed by atoms with Crippen molar-refractivity contribution in [3.05, 3.63) is 53.1 Å². The van der Waals surface area contributed by atoms with Gasteiger partial charge in [-0.1, -0.05) is 23.7 Å². The van der Waals surface area contributed by atoms with E-state index in [1.807, 2.05) is 54.4 Å². The number of nitrogens with zero attached hydrogens (tertiary/aromatic N) is 1. The molecule has 0 radical (unpaired) electrons. The summed E-state index contributed by atoms with van der Waals surface area (Å²) in [5.74, 6) is -0.0148. The summed E-state index contributed by atoms with van der Waals surface area (Å²) in [5.41, 5.74) is 3.89. The van der Waals surface area contributed by atoms with Crippen LogP contribution in [0.15, 0.2) is 42.5 Å². The minimum atomic E-state index is -0.0148. The van der Waals surface area contributed by atoms with E-state index in [1.165, 1.54) is 0 Å². The molecule has 2 N–H and O–H groups in total. The third kappa shape index (κ3) is 2.73. The van der Waals surface area contributed by atoms with Crippen molar-refractivity contribution in [2.75, 3.05) is 23.8 Å². The van der Waals surface area contributed by atoms with Gasteiger partial charge in [0.05, 0.1) is 11.4 Å². The van der Waals surface area contributed by atoms with Crippen molar-refractivity contribution in [3.63, 3.8) is 0 Å². The molecule has 2 aromatic rings. The van der Waals surface area contributed by atoms with Crippen LogP contribution in [-0.4, -0.2) is 19.5 Å². The number of amides is 1. The second-order valence-corrected chi connectivity index (χ2v) is 5.39. The molecule has 1 aliphatic heterocycles. The lowest BCUT2D eigenvalue weighted by atomic mass is 10.1. The van der Waals surface area contributed by atoms with Gasteiger partial charge < -0.3 is 15.5 Å². The molecule has 0 aromatic heterocycles. The second-order valence-electron chi connectivity index (χ2n) is 4.95. The first kappa shape index (κ1) is 13.9. The standard InChI is InChI=1S/C16H16ClN3O/c1-18-9-11-8-12(17)6-7-14(11)20-10-16(21)19-13-4-2-3-5-15(13)20/h2-8,18H,9-10H2,1H3,(H,19,21). The zero-order valence-corrected chi connectivity index (χ0v) is 12.4. The first-order valence-corrected chi connectivity index (χ1v) is 7.16. The normalized spacial score (nSPS) is 13.8. The third-order valence-electron chi connectivity index (χ3n) is 3.47. The minimum Gasteiger partial charge on any atom is -0.330 e. The summed E-state index contributed by atoms with van der Waals surface area (Å²) in [6.45, 7) is 0.992. The molecule has 1 aliphatic rings. The third-order valence-corrected chi connectivity index (χ3v) is 3.71. The number of nitrogens with one attached hydrogen (secondary N) is 2. The van der Waals surface area contributed by atoms with E-state index in [1.54, 1.807) is 0 Å². The highest BCUT2D eigenvalue weighted by atomic mass is 35.5. The highest BCUT2D eigenvalue weighted by Gasteiger charge is 2.24. The molecule has 1 amide bonds. The SMILES string of the molecule is CNCc1cc(Cl)ccc1N1CC(=O)Nc2ccccc21. The Morgan fingerprint density at radius 1 is 1.24 bits per heavy atom. The van der Waals surface area contributed by atoms with Crippen LogP contribution in [0.5, 0.6) is 0 Å². The summed E-state index contributed by atoms with van der Waals surface area (Å²) < 4.78 is 0. The summed E-state index contributed by atoms with van der Waals surface area (Å²) >= 11 is 6.09. The van der Waals surface area contributed by atoms with Crippen LogP contribution in [0.1, 0.15) is 5.56 Å². The lowest BCUT2D eigenvalue weighted by molar-refractivity contribution is -0.115. The molecule has 0 saturated heterocycles. The molecule has 0 spiro atoms. The Morgan fingerprint density at radius 2 is 2.05 bits per heavy atom. The molecule has 5 heteroatoms. The summed E-state index contributed by atoms with van der Waals surface area (Å²) in [6, 6.07) is 13.5.